The second kappa shape index (κ2) is 3.32. The van der Waals surface area contributed by atoms with Gasteiger partial charge in [-0.15, -0.1) is 0 Å². The summed E-state index contributed by atoms with van der Waals surface area (Å²) in [5.41, 5.74) is 2.27. The van der Waals surface area contributed by atoms with Crippen molar-refractivity contribution in [2.24, 2.45) is 0 Å². The highest BCUT2D eigenvalue weighted by atomic mass is 127. The van der Waals surface area contributed by atoms with Gasteiger partial charge in [-0.25, -0.2) is 0 Å². The molecule has 1 nitrogen and oxygen atoms in total. The van der Waals surface area contributed by atoms with Crippen LogP contribution in [-0.2, 0) is 0 Å². The highest BCUT2D eigenvalue weighted by molar-refractivity contribution is 14.1. The fraction of sp³-hybridized carbons (Fsp3) is 0.375. The average Bonchev–Trinajstić information content (AvgIpc) is 1.88. The van der Waals surface area contributed by atoms with Gasteiger partial charge in [0.25, 0.3) is 0 Å². The Morgan fingerprint density at radius 2 is 2.20 bits per heavy atom. The molecule has 10 heavy (non-hydrogen) atoms. The molecule has 0 fully saturated rings. The Morgan fingerprint density at radius 1 is 1.50 bits per heavy atom. The molecule has 1 aromatic heterocycles. The number of alkyl halides is 1. The SMILES string of the molecule is Cc1cccc(C(C)I)n1. The number of hydrogen-bond donors (Lipinski definition) is 0. The van der Waals surface area contributed by atoms with Crippen LogP contribution in [0.15, 0.2) is 18.2 Å². The third-order valence-corrected chi connectivity index (χ3v) is 1.96. The Labute approximate surface area is 75.0 Å². The number of aromatic nitrogens is 1. The van der Waals surface area contributed by atoms with Crippen LogP contribution in [0.4, 0.5) is 0 Å². The molecular formula is C8H10IN. The first-order valence-corrected chi connectivity index (χ1v) is 4.52. The van der Waals surface area contributed by atoms with Gasteiger partial charge in [-0.1, -0.05) is 28.7 Å². The molecule has 0 aromatic carbocycles. The molecule has 0 saturated carbocycles. The Morgan fingerprint density at radius 3 is 2.60 bits per heavy atom. The molecule has 0 aliphatic heterocycles. The number of pyridine rings is 1. The molecule has 0 spiro atoms. The molecule has 1 rings (SSSR count). The predicted molar refractivity (Wildman–Crippen MR) is 51.4 cm³/mol. The Bertz CT molecular complexity index is 220. The van der Waals surface area contributed by atoms with Crippen molar-refractivity contribution >= 4 is 22.6 Å². The summed E-state index contributed by atoms with van der Waals surface area (Å²) in [5, 5.41) is 0. The van der Waals surface area contributed by atoms with E-state index in [1.54, 1.807) is 0 Å². The number of hydrogen-bond acceptors (Lipinski definition) is 1. The average molecular weight is 247 g/mol. The molecule has 0 aliphatic carbocycles. The van der Waals surface area contributed by atoms with Crippen LogP contribution in [0.3, 0.4) is 0 Å². The van der Waals surface area contributed by atoms with Crippen LogP contribution in [0.5, 0.6) is 0 Å². The van der Waals surface area contributed by atoms with Gasteiger partial charge in [-0.2, -0.15) is 0 Å². The first-order chi connectivity index (χ1) is 4.70. The molecule has 54 valence electrons. The van der Waals surface area contributed by atoms with Crippen molar-refractivity contribution in [3.8, 4) is 0 Å². The van der Waals surface area contributed by atoms with Crippen molar-refractivity contribution in [1.82, 2.24) is 4.98 Å². The first-order valence-electron chi connectivity index (χ1n) is 3.28. The maximum atomic E-state index is 4.37. The lowest BCUT2D eigenvalue weighted by atomic mass is 10.3. The van der Waals surface area contributed by atoms with E-state index in [1.165, 1.54) is 5.69 Å². The van der Waals surface area contributed by atoms with E-state index in [4.69, 9.17) is 0 Å². The highest BCUT2D eigenvalue weighted by Crippen LogP contribution is 2.19. The summed E-state index contributed by atoms with van der Waals surface area (Å²) in [6.07, 6.45) is 0. The van der Waals surface area contributed by atoms with Gasteiger partial charge in [0.15, 0.2) is 0 Å². The van der Waals surface area contributed by atoms with Crippen molar-refractivity contribution in [3.05, 3.63) is 29.6 Å². The first kappa shape index (κ1) is 7.98. The number of aryl methyl sites for hydroxylation is 1. The van der Waals surface area contributed by atoms with Gasteiger partial charge in [-0.05, 0) is 26.0 Å². The largest absolute Gasteiger partial charge is 0.257 e. The second-order valence-corrected chi connectivity index (χ2v) is 4.19. The minimum Gasteiger partial charge on any atom is -0.257 e. The van der Waals surface area contributed by atoms with Crippen LogP contribution in [-0.4, -0.2) is 4.98 Å². The summed E-state index contributed by atoms with van der Waals surface area (Å²) in [4.78, 5) is 4.37. The minimum atomic E-state index is 0.512. The van der Waals surface area contributed by atoms with Crippen molar-refractivity contribution in [2.75, 3.05) is 0 Å². The van der Waals surface area contributed by atoms with Crippen molar-refractivity contribution in [2.45, 2.75) is 17.8 Å². The lowest BCUT2D eigenvalue weighted by Gasteiger charge is -2.01. The lowest BCUT2D eigenvalue weighted by molar-refractivity contribution is 1.01. The summed E-state index contributed by atoms with van der Waals surface area (Å²) in [7, 11) is 0. The molecule has 0 amide bonds. The molecule has 2 heteroatoms. The quantitative estimate of drug-likeness (QED) is 0.549. The van der Waals surface area contributed by atoms with Crippen LogP contribution >= 0.6 is 22.6 Å². The molecule has 0 bridgehead atoms. The molecular weight excluding hydrogens is 237 g/mol. The zero-order valence-electron chi connectivity index (χ0n) is 6.13. The van der Waals surface area contributed by atoms with E-state index in [1.807, 2.05) is 19.1 Å². The Hall–Kier alpha value is -0.120. The van der Waals surface area contributed by atoms with E-state index in [0.717, 1.165) is 5.69 Å². The van der Waals surface area contributed by atoms with Gasteiger partial charge in [0, 0.05) is 5.69 Å². The van der Waals surface area contributed by atoms with Gasteiger partial charge in [0.1, 0.15) is 0 Å². The fourth-order valence-electron chi connectivity index (χ4n) is 0.786. The van der Waals surface area contributed by atoms with Gasteiger partial charge < -0.3 is 0 Å². The summed E-state index contributed by atoms with van der Waals surface area (Å²) < 4.78 is 0.512. The minimum absolute atomic E-state index is 0.512. The maximum absolute atomic E-state index is 4.37. The molecule has 0 saturated heterocycles. The van der Waals surface area contributed by atoms with Crippen molar-refractivity contribution in [1.29, 1.82) is 0 Å². The van der Waals surface area contributed by atoms with E-state index in [-0.39, 0.29) is 0 Å². The maximum Gasteiger partial charge on any atom is 0.0532 e. The monoisotopic (exact) mass is 247 g/mol. The standard InChI is InChI=1S/C8H10IN/c1-6-4-3-5-8(10-6)7(2)9/h3-5,7H,1-2H3. The Balaban J connectivity index is 2.96. The zero-order valence-corrected chi connectivity index (χ0v) is 8.29. The number of rotatable bonds is 1. The van der Waals surface area contributed by atoms with E-state index in [9.17, 15) is 0 Å². The van der Waals surface area contributed by atoms with Gasteiger partial charge in [0.2, 0.25) is 0 Å². The normalized spacial score (nSPS) is 13.1. The van der Waals surface area contributed by atoms with E-state index in [2.05, 4.69) is 40.6 Å². The third kappa shape index (κ3) is 1.94. The van der Waals surface area contributed by atoms with Crippen LogP contribution < -0.4 is 0 Å². The molecule has 0 radical (unpaired) electrons. The summed E-state index contributed by atoms with van der Waals surface area (Å²) in [6.45, 7) is 4.16. The van der Waals surface area contributed by atoms with E-state index >= 15 is 0 Å². The van der Waals surface area contributed by atoms with E-state index < -0.39 is 0 Å². The fourth-order valence-corrected chi connectivity index (χ4v) is 1.13. The lowest BCUT2D eigenvalue weighted by Crippen LogP contribution is -1.90. The third-order valence-electron chi connectivity index (χ3n) is 1.32. The summed E-state index contributed by atoms with van der Waals surface area (Å²) in [5.74, 6) is 0. The predicted octanol–water partition coefficient (Wildman–Crippen LogP) is 2.89. The van der Waals surface area contributed by atoms with Crippen molar-refractivity contribution < 1.29 is 0 Å². The number of nitrogens with zero attached hydrogens (tertiary/aromatic N) is 1. The highest BCUT2D eigenvalue weighted by Gasteiger charge is 1.99. The molecule has 0 aliphatic rings. The summed E-state index contributed by atoms with van der Waals surface area (Å²) >= 11 is 2.36. The second-order valence-electron chi connectivity index (χ2n) is 2.32. The smallest absolute Gasteiger partial charge is 0.0532 e. The molecule has 1 unspecified atom stereocenters. The Kier molecular flexibility index (Phi) is 2.65. The van der Waals surface area contributed by atoms with Crippen LogP contribution in [0.2, 0.25) is 0 Å². The van der Waals surface area contributed by atoms with Crippen LogP contribution in [0.1, 0.15) is 22.2 Å². The van der Waals surface area contributed by atoms with Gasteiger partial charge >= 0.3 is 0 Å². The molecule has 0 N–H and O–H groups in total. The van der Waals surface area contributed by atoms with Gasteiger partial charge in [-0.3, -0.25) is 4.98 Å². The van der Waals surface area contributed by atoms with Crippen molar-refractivity contribution in [3.63, 3.8) is 0 Å². The molecule has 1 heterocycles. The van der Waals surface area contributed by atoms with Gasteiger partial charge in [0.05, 0.1) is 9.62 Å². The molecule has 1 atom stereocenters. The zero-order chi connectivity index (χ0) is 7.56. The topological polar surface area (TPSA) is 12.9 Å². The summed E-state index contributed by atoms with van der Waals surface area (Å²) in [6, 6.07) is 6.12. The molecule has 1 aromatic rings. The van der Waals surface area contributed by atoms with Crippen LogP contribution in [0, 0.1) is 6.92 Å². The number of halogens is 1. The van der Waals surface area contributed by atoms with Crippen LogP contribution in [0.25, 0.3) is 0 Å². The van der Waals surface area contributed by atoms with E-state index in [0.29, 0.717) is 3.92 Å².